The van der Waals surface area contributed by atoms with E-state index in [0.29, 0.717) is 6.07 Å². The van der Waals surface area contributed by atoms with Crippen molar-refractivity contribution >= 4 is 11.3 Å². The third-order valence-corrected chi connectivity index (χ3v) is 2.95. The largest absolute Gasteiger partial charge is 0.417 e. The van der Waals surface area contributed by atoms with Crippen molar-refractivity contribution in [2.75, 3.05) is 0 Å². The third-order valence-electron chi connectivity index (χ3n) is 2.36. The summed E-state index contributed by atoms with van der Waals surface area (Å²) in [4.78, 5) is 3.69. The molecule has 102 valence electrons. The lowest BCUT2D eigenvalue weighted by atomic mass is 10.0. The molecule has 0 saturated heterocycles. The van der Waals surface area contributed by atoms with E-state index in [2.05, 4.69) is 4.98 Å². The second kappa shape index (κ2) is 4.52. The van der Waals surface area contributed by atoms with Gasteiger partial charge in [-0.3, -0.25) is 0 Å². The van der Waals surface area contributed by atoms with Crippen LogP contribution < -0.4 is 0 Å². The van der Waals surface area contributed by atoms with Gasteiger partial charge in [-0.1, -0.05) is 6.07 Å². The van der Waals surface area contributed by atoms with Crippen LogP contribution in [0.1, 0.15) is 11.1 Å². The molecule has 19 heavy (non-hydrogen) atoms. The van der Waals surface area contributed by atoms with Gasteiger partial charge in [0, 0.05) is 10.9 Å². The molecule has 1 aromatic carbocycles. The van der Waals surface area contributed by atoms with Crippen LogP contribution in [0.15, 0.2) is 29.1 Å². The highest BCUT2D eigenvalue weighted by Crippen LogP contribution is 2.40. The van der Waals surface area contributed by atoms with Gasteiger partial charge in [0.25, 0.3) is 0 Å². The molecule has 8 heteroatoms. The molecule has 0 fully saturated rings. The number of aromatic nitrogens is 1. The molecule has 1 aromatic heterocycles. The van der Waals surface area contributed by atoms with Crippen molar-refractivity contribution < 1.29 is 26.3 Å². The fourth-order valence-electron chi connectivity index (χ4n) is 1.52. The molecule has 2 rings (SSSR count). The third kappa shape index (κ3) is 2.89. The number of alkyl halides is 6. The molecule has 0 aliphatic rings. The first-order chi connectivity index (χ1) is 8.69. The fourth-order valence-corrected chi connectivity index (χ4v) is 2.08. The second-order valence-corrected chi connectivity index (χ2v) is 4.35. The fraction of sp³-hybridized carbons (Fsp3) is 0.182. The first-order valence-electron chi connectivity index (χ1n) is 4.86. The Morgan fingerprint density at radius 2 is 1.63 bits per heavy atom. The van der Waals surface area contributed by atoms with E-state index in [4.69, 9.17) is 0 Å². The van der Waals surface area contributed by atoms with Gasteiger partial charge in [-0.25, -0.2) is 4.98 Å². The summed E-state index contributed by atoms with van der Waals surface area (Å²) in [5.74, 6) is 0. The zero-order chi connectivity index (χ0) is 14.3. The Balaban J connectivity index is 2.63. The lowest BCUT2D eigenvalue weighted by Crippen LogP contribution is -2.12. The first-order valence-corrected chi connectivity index (χ1v) is 5.81. The van der Waals surface area contributed by atoms with Crippen molar-refractivity contribution in [3.8, 4) is 11.3 Å². The van der Waals surface area contributed by atoms with E-state index in [1.165, 1.54) is 10.9 Å². The maximum Gasteiger partial charge on any atom is 0.417 e. The Bertz CT molecular complexity index is 570. The van der Waals surface area contributed by atoms with Crippen LogP contribution in [-0.2, 0) is 12.4 Å². The molecule has 0 atom stereocenters. The van der Waals surface area contributed by atoms with Gasteiger partial charge in [0.2, 0.25) is 0 Å². The van der Waals surface area contributed by atoms with E-state index in [1.54, 1.807) is 0 Å². The van der Waals surface area contributed by atoms with Crippen LogP contribution in [0.5, 0.6) is 0 Å². The minimum absolute atomic E-state index is 0.00560. The summed E-state index contributed by atoms with van der Waals surface area (Å²) in [7, 11) is 0. The molecular formula is C11H5F6NS. The van der Waals surface area contributed by atoms with Gasteiger partial charge >= 0.3 is 12.4 Å². The second-order valence-electron chi connectivity index (χ2n) is 3.63. The van der Waals surface area contributed by atoms with Gasteiger partial charge in [-0.05, 0) is 12.1 Å². The summed E-state index contributed by atoms with van der Waals surface area (Å²) in [6.07, 6.45) is -9.69. The number of rotatable bonds is 1. The highest BCUT2D eigenvalue weighted by Gasteiger charge is 2.38. The number of halogens is 6. The monoisotopic (exact) mass is 297 g/mol. The molecule has 1 nitrogen and oxygen atoms in total. The van der Waals surface area contributed by atoms with Crippen molar-refractivity contribution in [3.05, 3.63) is 40.2 Å². The minimum atomic E-state index is -4.87. The Hall–Kier alpha value is -1.57. The number of hydrogen-bond acceptors (Lipinski definition) is 2. The van der Waals surface area contributed by atoms with E-state index in [-0.39, 0.29) is 17.3 Å². The van der Waals surface area contributed by atoms with E-state index in [9.17, 15) is 26.3 Å². The van der Waals surface area contributed by atoms with E-state index in [1.807, 2.05) is 0 Å². The van der Waals surface area contributed by atoms with Crippen LogP contribution in [0.3, 0.4) is 0 Å². The standard InChI is InChI=1S/C11H5F6NS/c12-10(13,14)6-1-2-7(9-4-19-5-18-9)8(3-6)11(15,16)17/h1-5H. The predicted molar refractivity (Wildman–Crippen MR) is 57.6 cm³/mol. The van der Waals surface area contributed by atoms with Crippen molar-refractivity contribution in [3.63, 3.8) is 0 Å². The average molecular weight is 297 g/mol. The molecule has 0 aliphatic carbocycles. The van der Waals surface area contributed by atoms with Gasteiger partial charge in [-0.2, -0.15) is 26.3 Å². The highest BCUT2D eigenvalue weighted by atomic mass is 32.1. The van der Waals surface area contributed by atoms with Crippen molar-refractivity contribution in [2.24, 2.45) is 0 Å². The molecule has 0 aliphatic heterocycles. The Morgan fingerprint density at radius 3 is 2.11 bits per heavy atom. The minimum Gasteiger partial charge on any atom is -0.245 e. The smallest absolute Gasteiger partial charge is 0.245 e. The topological polar surface area (TPSA) is 12.9 Å². The quantitative estimate of drug-likeness (QED) is 0.686. The van der Waals surface area contributed by atoms with Gasteiger partial charge in [0.15, 0.2) is 0 Å². The molecule has 0 bridgehead atoms. The molecule has 0 spiro atoms. The summed E-state index contributed by atoms with van der Waals surface area (Å²) in [5, 5.41) is 1.35. The van der Waals surface area contributed by atoms with Crippen LogP contribution in [0.25, 0.3) is 11.3 Å². The first kappa shape index (κ1) is 13.9. The molecule has 1 heterocycles. The van der Waals surface area contributed by atoms with Crippen molar-refractivity contribution in [1.29, 1.82) is 0 Å². The van der Waals surface area contributed by atoms with Crippen molar-refractivity contribution in [2.45, 2.75) is 12.4 Å². The molecule has 0 unspecified atom stereocenters. The van der Waals surface area contributed by atoms with E-state index in [0.717, 1.165) is 17.4 Å². The Morgan fingerprint density at radius 1 is 0.947 bits per heavy atom. The summed E-state index contributed by atoms with van der Waals surface area (Å²) in [6.45, 7) is 0. The molecular weight excluding hydrogens is 292 g/mol. The summed E-state index contributed by atoms with van der Waals surface area (Å²) in [6, 6.07) is 1.51. The zero-order valence-corrected chi connectivity index (χ0v) is 9.83. The maximum absolute atomic E-state index is 12.8. The lowest BCUT2D eigenvalue weighted by molar-refractivity contribution is -0.142. The Labute approximate surface area is 107 Å². The van der Waals surface area contributed by atoms with E-state index >= 15 is 0 Å². The molecule has 0 amide bonds. The lowest BCUT2D eigenvalue weighted by Gasteiger charge is -2.14. The number of thiazole rings is 1. The normalized spacial score (nSPS) is 12.7. The Kier molecular flexibility index (Phi) is 3.29. The van der Waals surface area contributed by atoms with Crippen LogP contribution in [0.2, 0.25) is 0 Å². The maximum atomic E-state index is 12.8. The SMILES string of the molecule is FC(F)(F)c1ccc(-c2cscn2)c(C(F)(F)F)c1. The van der Waals surface area contributed by atoms with Crippen LogP contribution in [-0.4, -0.2) is 4.98 Å². The summed E-state index contributed by atoms with van der Waals surface area (Å²) >= 11 is 1.06. The highest BCUT2D eigenvalue weighted by molar-refractivity contribution is 7.07. The van der Waals surface area contributed by atoms with Crippen molar-refractivity contribution in [1.82, 2.24) is 4.98 Å². The van der Waals surface area contributed by atoms with Gasteiger partial charge < -0.3 is 0 Å². The molecule has 0 N–H and O–H groups in total. The van der Waals surface area contributed by atoms with Gasteiger partial charge in [-0.15, -0.1) is 11.3 Å². The molecule has 2 aromatic rings. The number of hydrogen-bond donors (Lipinski definition) is 0. The summed E-state index contributed by atoms with van der Waals surface area (Å²) < 4.78 is 75.8. The van der Waals surface area contributed by atoms with E-state index < -0.39 is 23.5 Å². The van der Waals surface area contributed by atoms with Crippen LogP contribution in [0, 0.1) is 0 Å². The number of benzene rings is 1. The van der Waals surface area contributed by atoms with Gasteiger partial charge in [0.1, 0.15) is 0 Å². The van der Waals surface area contributed by atoms with Crippen LogP contribution in [0.4, 0.5) is 26.3 Å². The van der Waals surface area contributed by atoms with Gasteiger partial charge in [0.05, 0.1) is 22.3 Å². The molecule has 0 saturated carbocycles. The average Bonchev–Trinajstić information content (AvgIpc) is 2.79. The van der Waals surface area contributed by atoms with Crippen LogP contribution >= 0.6 is 11.3 Å². The number of nitrogens with zero attached hydrogens (tertiary/aromatic N) is 1. The zero-order valence-electron chi connectivity index (χ0n) is 9.01. The predicted octanol–water partition coefficient (Wildman–Crippen LogP) is 4.85. The summed E-state index contributed by atoms with van der Waals surface area (Å²) in [5.41, 5.74) is -1.72. The molecule has 0 radical (unpaired) electrons.